The molecule has 5 nitrogen and oxygen atoms in total. The summed E-state index contributed by atoms with van der Waals surface area (Å²) in [7, 11) is 1.59. The van der Waals surface area contributed by atoms with E-state index in [1.165, 1.54) is 5.56 Å². The van der Waals surface area contributed by atoms with E-state index in [2.05, 4.69) is 45.6 Å². The first kappa shape index (κ1) is 18.5. The fourth-order valence-electron chi connectivity index (χ4n) is 3.26. The van der Waals surface area contributed by atoms with Crippen molar-refractivity contribution in [3.05, 3.63) is 102 Å². The fraction of sp³-hybridized carbons (Fsp3) is 0.0833. The molecule has 144 valence electrons. The van der Waals surface area contributed by atoms with Gasteiger partial charge < -0.3 is 9.30 Å². The first-order valence-electron chi connectivity index (χ1n) is 9.34. The minimum Gasteiger partial charge on any atom is -0.497 e. The van der Waals surface area contributed by atoms with Crippen LogP contribution in [0.4, 0.5) is 0 Å². The van der Waals surface area contributed by atoms with Crippen LogP contribution in [-0.4, -0.2) is 23.8 Å². The third-order valence-corrected chi connectivity index (χ3v) is 4.74. The molecule has 0 radical (unpaired) electrons. The lowest BCUT2D eigenvalue weighted by Crippen LogP contribution is -2.17. The zero-order valence-electron chi connectivity index (χ0n) is 16.1. The molecule has 0 saturated carbocycles. The Morgan fingerprint density at radius 2 is 1.72 bits per heavy atom. The number of ether oxygens (including phenoxy) is 1. The van der Waals surface area contributed by atoms with E-state index in [1.807, 2.05) is 30.3 Å². The van der Waals surface area contributed by atoms with Crippen LogP contribution in [0.15, 0.2) is 90.2 Å². The molecular formula is C24H21N3O2. The SMILES string of the molecule is COc1ccc(C(=O)N/N=C/c2cn(Cc3ccccc3)c3ccccc23)cc1. The maximum atomic E-state index is 12.3. The van der Waals surface area contributed by atoms with Gasteiger partial charge >= 0.3 is 0 Å². The lowest BCUT2D eigenvalue weighted by molar-refractivity contribution is 0.0955. The average Bonchev–Trinajstić information content (AvgIpc) is 3.12. The zero-order chi connectivity index (χ0) is 20.1. The smallest absolute Gasteiger partial charge is 0.271 e. The second kappa shape index (κ2) is 8.44. The maximum Gasteiger partial charge on any atom is 0.271 e. The van der Waals surface area contributed by atoms with Gasteiger partial charge in [-0.05, 0) is 35.9 Å². The summed E-state index contributed by atoms with van der Waals surface area (Å²) in [4.78, 5) is 12.3. The van der Waals surface area contributed by atoms with Crippen LogP contribution in [-0.2, 0) is 6.54 Å². The summed E-state index contributed by atoms with van der Waals surface area (Å²) in [6.45, 7) is 0.771. The number of rotatable bonds is 6. The molecule has 29 heavy (non-hydrogen) atoms. The molecule has 0 aliphatic rings. The number of nitrogens with zero attached hydrogens (tertiary/aromatic N) is 2. The largest absolute Gasteiger partial charge is 0.497 e. The van der Waals surface area contributed by atoms with Crippen LogP contribution in [0.1, 0.15) is 21.5 Å². The summed E-state index contributed by atoms with van der Waals surface area (Å²) in [6, 6.07) is 25.4. The van der Waals surface area contributed by atoms with Crippen LogP contribution >= 0.6 is 0 Å². The number of benzene rings is 3. The molecule has 0 saturated heterocycles. The van der Waals surface area contributed by atoms with Gasteiger partial charge in [0.25, 0.3) is 5.91 Å². The molecule has 5 heteroatoms. The molecule has 0 atom stereocenters. The molecule has 4 aromatic rings. The molecule has 4 rings (SSSR count). The van der Waals surface area contributed by atoms with Crippen molar-refractivity contribution in [2.45, 2.75) is 6.54 Å². The molecule has 3 aromatic carbocycles. The van der Waals surface area contributed by atoms with E-state index in [1.54, 1.807) is 37.6 Å². The highest BCUT2D eigenvalue weighted by atomic mass is 16.5. The molecule has 0 unspecified atom stereocenters. The van der Waals surface area contributed by atoms with Gasteiger partial charge in [-0.25, -0.2) is 5.43 Å². The number of hydrogen-bond acceptors (Lipinski definition) is 3. The maximum absolute atomic E-state index is 12.3. The van der Waals surface area contributed by atoms with Gasteiger partial charge in [-0.2, -0.15) is 5.10 Å². The molecule has 0 aliphatic heterocycles. The first-order chi connectivity index (χ1) is 14.2. The molecule has 1 aromatic heterocycles. The Kier molecular flexibility index (Phi) is 5.38. The van der Waals surface area contributed by atoms with E-state index in [4.69, 9.17) is 4.74 Å². The Bertz CT molecular complexity index is 1150. The number of hydrogen-bond donors (Lipinski definition) is 1. The molecule has 0 aliphatic carbocycles. The molecule has 1 N–H and O–H groups in total. The topological polar surface area (TPSA) is 55.6 Å². The van der Waals surface area contributed by atoms with Crippen LogP contribution in [0, 0.1) is 0 Å². The number of nitrogens with one attached hydrogen (secondary N) is 1. The number of amides is 1. The molecule has 1 heterocycles. The van der Waals surface area contributed by atoms with Crippen molar-refractivity contribution in [1.29, 1.82) is 0 Å². The van der Waals surface area contributed by atoms with Gasteiger partial charge in [0.15, 0.2) is 0 Å². The number of fused-ring (bicyclic) bond motifs is 1. The van der Waals surface area contributed by atoms with Crippen molar-refractivity contribution in [2.24, 2.45) is 5.10 Å². The van der Waals surface area contributed by atoms with Crippen molar-refractivity contribution in [3.8, 4) is 5.75 Å². The van der Waals surface area contributed by atoms with Gasteiger partial charge in [-0.1, -0.05) is 48.5 Å². The van der Waals surface area contributed by atoms with Gasteiger partial charge in [-0.3, -0.25) is 4.79 Å². The molecule has 1 amide bonds. The van der Waals surface area contributed by atoms with Crippen molar-refractivity contribution < 1.29 is 9.53 Å². The summed E-state index contributed by atoms with van der Waals surface area (Å²) < 4.78 is 7.30. The Morgan fingerprint density at radius 3 is 2.48 bits per heavy atom. The Morgan fingerprint density at radius 1 is 1.00 bits per heavy atom. The van der Waals surface area contributed by atoms with E-state index in [0.717, 1.165) is 23.0 Å². The highest BCUT2D eigenvalue weighted by Crippen LogP contribution is 2.21. The number of aromatic nitrogens is 1. The highest BCUT2D eigenvalue weighted by Gasteiger charge is 2.08. The van der Waals surface area contributed by atoms with Crippen LogP contribution in [0.3, 0.4) is 0 Å². The number of carbonyl (C=O) groups is 1. The van der Waals surface area contributed by atoms with Gasteiger partial charge in [0.1, 0.15) is 5.75 Å². The van der Waals surface area contributed by atoms with Crippen molar-refractivity contribution >= 4 is 23.0 Å². The second-order valence-electron chi connectivity index (χ2n) is 6.64. The van der Waals surface area contributed by atoms with E-state index < -0.39 is 0 Å². The van der Waals surface area contributed by atoms with Crippen LogP contribution in [0.25, 0.3) is 10.9 Å². The van der Waals surface area contributed by atoms with E-state index in [9.17, 15) is 4.79 Å². The van der Waals surface area contributed by atoms with Crippen LogP contribution in [0.2, 0.25) is 0 Å². The number of para-hydroxylation sites is 1. The Balaban J connectivity index is 1.53. The lowest BCUT2D eigenvalue weighted by atomic mass is 10.2. The summed E-state index contributed by atoms with van der Waals surface area (Å²) >= 11 is 0. The van der Waals surface area contributed by atoms with Crippen molar-refractivity contribution in [1.82, 2.24) is 9.99 Å². The molecule has 0 bridgehead atoms. The minimum atomic E-state index is -0.267. The molecule has 0 fully saturated rings. The predicted octanol–water partition coefficient (Wildman–Crippen LogP) is 4.46. The Hall–Kier alpha value is -3.86. The fourth-order valence-corrected chi connectivity index (χ4v) is 3.26. The van der Waals surface area contributed by atoms with Crippen LogP contribution in [0.5, 0.6) is 5.75 Å². The van der Waals surface area contributed by atoms with Crippen molar-refractivity contribution in [2.75, 3.05) is 7.11 Å². The van der Waals surface area contributed by atoms with Gasteiger partial charge in [-0.15, -0.1) is 0 Å². The minimum absolute atomic E-state index is 0.267. The highest BCUT2D eigenvalue weighted by molar-refractivity contribution is 6.00. The van der Waals surface area contributed by atoms with E-state index in [0.29, 0.717) is 11.3 Å². The van der Waals surface area contributed by atoms with E-state index >= 15 is 0 Å². The normalized spacial score (nSPS) is 11.1. The average molecular weight is 383 g/mol. The van der Waals surface area contributed by atoms with Gasteiger partial charge in [0, 0.05) is 34.8 Å². The zero-order valence-corrected chi connectivity index (χ0v) is 16.1. The number of hydrazone groups is 1. The second-order valence-corrected chi connectivity index (χ2v) is 6.64. The first-order valence-corrected chi connectivity index (χ1v) is 9.34. The number of carbonyl (C=O) groups excluding carboxylic acids is 1. The summed E-state index contributed by atoms with van der Waals surface area (Å²) in [6.07, 6.45) is 3.74. The summed E-state index contributed by atoms with van der Waals surface area (Å²) in [5, 5.41) is 5.25. The quantitative estimate of drug-likeness (QED) is 0.395. The van der Waals surface area contributed by atoms with Gasteiger partial charge in [0.05, 0.1) is 13.3 Å². The summed E-state index contributed by atoms with van der Waals surface area (Å²) in [5.74, 6) is 0.438. The Labute approximate surface area is 169 Å². The van der Waals surface area contributed by atoms with E-state index in [-0.39, 0.29) is 5.91 Å². The van der Waals surface area contributed by atoms with Crippen molar-refractivity contribution in [3.63, 3.8) is 0 Å². The predicted molar refractivity (Wildman–Crippen MR) is 116 cm³/mol. The third kappa shape index (κ3) is 4.19. The van der Waals surface area contributed by atoms with Gasteiger partial charge in [0.2, 0.25) is 0 Å². The van der Waals surface area contributed by atoms with Crippen LogP contribution < -0.4 is 10.2 Å². The summed E-state index contributed by atoms with van der Waals surface area (Å²) in [5.41, 5.74) is 6.41. The molecular weight excluding hydrogens is 362 g/mol. The third-order valence-electron chi connectivity index (χ3n) is 4.74. The standard InChI is InChI=1S/C24H21N3O2/c1-29-21-13-11-19(12-14-21)24(28)26-25-15-20-17-27(16-18-7-3-2-4-8-18)23-10-6-5-9-22(20)23/h2-15,17H,16H2,1H3,(H,26,28)/b25-15+. The lowest BCUT2D eigenvalue weighted by Gasteiger charge is -2.05. The monoisotopic (exact) mass is 383 g/mol. The molecule has 0 spiro atoms. The number of methoxy groups -OCH3 is 1.